The topological polar surface area (TPSA) is 17.0 Å². The maximum Gasteiger partial charge on any atom is 0.350 e. The van der Waals surface area contributed by atoms with E-state index in [0.717, 1.165) is 11.7 Å². The van der Waals surface area contributed by atoms with Crippen LogP contribution in [0.3, 0.4) is 0 Å². The van der Waals surface area contributed by atoms with Crippen molar-refractivity contribution in [3.8, 4) is 5.69 Å². The molecule has 0 radical (unpaired) electrons. The molecule has 1 aromatic heterocycles. The van der Waals surface area contributed by atoms with Crippen molar-refractivity contribution in [1.29, 1.82) is 0 Å². The van der Waals surface area contributed by atoms with Crippen molar-refractivity contribution in [2.24, 2.45) is 0 Å². The van der Waals surface area contributed by atoms with Crippen molar-refractivity contribution in [1.82, 2.24) is 0 Å². The Morgan fingerprint density at radius 3 is 2.20 bits per heavy atom. The summed E-state index contributed by atoms with van der Waals surface area (Å²) in [6.07, 6.45) is 0. The van der Waals surface area contributed by atoms with Gasteiger partial charge in [0.2, 0.25) is 11.4 Å². The molecule has 15 heavy (non-hydrogen) atoms. The van der Waals surface area contributed by atoms with Crippen LogP contribution in [0.4, 0.5) is 0 Å². The summed E-state index contributed by atoms with van der Waals surface area (Å²) in [5.74, 6) is 1.91. The zero-order chi connectivity index (χ0) is 11.0. The van der Waals surface area contributed by atoms with Crippen LogP contribution < -0.4 is 4.57 Å². The first-order chi connectivity index (χ1) is 7.11. The van der Waals surface area contributed by atoms with Gasteiger partial charge in [0, 0.05) is 25.5 Å². The van der Waals surface area contributed by atoms with E-state index in [1.165, 1.54) is 16.9 Å². The molecule has 1 aromatic carbocycles. The van der Waals surface area contributed by atoms with E-state index >= 15 is 0 Å². The van der Waals surface area contributed by atoms with Crippen LogP contribution in [0.2, 0.25) is 0 Å². The molecule has 0 N–H and O–H groups in total. The van der Waals surface area contributed by atoms with Crippen LogP contribution in [0.5, 0.6) is 0 Å². The van der Waals surface area contributed by atoms with Gasteiger partial charge in [-0.1, -0.05) is 18.2 Å². The van der Waals surface area contributed by atoms with Crippen LogP contribution in [-0.4, -0.2) is 0 Å². The maximum atomic E-state index is 5.62. The molecule has 0 bridgehead atoms. The first-order valence-corrected chi connectivity index (χ1v) is 5.16. The number of para-hydroxylation sites is 1. The molecule has 0 atom stereocenters. The summed E-state index contributed by atoms with van der Waals surface area (Å²) < 4.78 is 7.78. The van der Waals surface area contributed by atoms with E-state index in [2.05, 4.69) is 42.7 Å². The average molecular weight is 202 g/mol. The number of hydrogen-bond donors (Lipinski definition) is 0. The van der Waals surface area contributed by atoms with Gasteiger partial charge in [-0.25, -0.2) is 0 Å². The molecule has 0 saturated heterocycles. The highest BCUT2D eigenvalue weighted by Gasteiger charge is 2.22. The largest absolute Gasteiger partial charge is 0.407 e. The molecule has 1 heterocycles. The summed E-state index contributed by atoms with van der Waals surface area (Å²) in [5, 5.41) is 0. The predicted octanol–water partition coefficient (Wildman–Crippen LogP) is 2.79. The zero-order valence-corrected chi connectivity index (χ0v) is 9.66. The van der Waals surface area contributed by atoms with Crippen LogP contribution in [0.25, 0.3) is 5.69 Å². The Morgan fingerprint density at radius 2 is 1.67 bits per heavy atom. The predicted molar refractivity (Wildman–Crippen MR) is 59.2 cm³/mol. The third kappa shape index (κ3) is 1.56. The van der Waals surface area contributed by atoms with Gasteiger partial charge in [-0.2, -0.15) is 0 Å². The van der Waals surface area contributed by atoms with E-state index in [4.69, 9.17) is 4.42 Å². The molecule has 0 aliphatic heterocycles. The quantitative estimate of drug-likeness (QED) is 0.650. The second-order valence-electron chi connectivity index (χ2n) is 3.88. The van der Waals surface area contributed by atoms with E-state index in [1.54, 1.807) is 0 Å². The third-order valence-electron chi connectivity index (χ3n) is 2.82. The molecule has 78 valence electrons. The van der Waals surface area contributed by atoms with Gasteiger partial charge in [-0.3, -0.25) is 0 Å². The summed E-state index contributed by atoms with van der Waals surface area (Å²) in [7, 11) is 0. The highest BCUT2D eigenvalue weighted by Crippen LogP contribution is 2.13. The van der Waals surface area contributed by atoms with Gasteiger partial charge in [0.05, 0.1) is 6.92 Å². The molecule has 2 heteroatoms. The van der Waals surface area contributed by atoms with Crippen molar-refractivity contribution in [3.05, 3.63) is 47.2 Å². The van der Waals surface area contributed by atoms with Crippen molar-refractivity contribution < 1.29 is 8.98 Å². The van der Waals surface area contributed by atoms with Gasteiger partial charge >= 0.3 is 5.89 Å². The van der Waals surface area contributed by atoms with Gasteiger partial charge in [0.25, 0.3) is 0 Å². The van der Waals surface area contributed by atoms with E-state index < -0.39 is 0 Å². The molecule has 0 amide bonds. The molecule has 0 aliphatic carbocycles. The first kappa shape index (κ1) is 9.97. The summed E-state index contributed by atoms with van der Waals surface area (Å²) >= 11 is 0. The van der Waals surface area contributed by atoms with Crippen LogP contribution in [-0.2, 0) is 0 Å². The van der Waals surface area contributed by atoms with Gasteiger partial charge in [-0.15, -0.1) is 4.57 Å². The van der Waals surface area contributed by atoms with Crippen molar-refractivity contribution in [2.75, 3.05) is 0 Å². The standard InChI is InChI=1S/C13H16NO/c1-9-7-5-6-8-13(9)14-10(2)11(3)15-12(14)4/h5-8H,1-4H3/q+1. The zero-order valence-electron chi connectivity index (χ0n) is 9.66. The fourth-order valence-corrected chi connectivity index (χ4v) is 1.90. The highest BCUT2D eigenvalue weighted by atomic mass is 16.4. The Bertz CT molecular complexity index is 497. The van der Waals surface area contributed by atoms with E-state index in [0.29, 0.717) is 0 Å². The minimum absolute atomic E-state index is 0.930. The Labute approximate surface area is 90.2 Å². The molecule has 2 nitrogen and oxygen atoms in total. The Kier molecular flexibility index (Phi) is 2.35. The lowest BCUT2D eigenvalue weighted by atomic mass is 10.2. The highest BCUT2D eigenvalue weighted by molar-refractivity contribution is 5.32. The van der Waals surface area contributed by atoms with Crippen molar-refractivity contribution >= 4 is 0 Å². The number of nitrogens with zero attached hydrogens (tertiary/aromatic N) is 1. The third-order valence-corrected chi connectivity index (χ3v) is 2.82. The van der Waals surface area contributed by atoms with Crippen molar-refractivity contribution in [3.63, 3.8) is 0 Å². The molecular weight excluding hydrogens is 186 g/mol. The van der Waals surface area contributed by atoms with Crippen LogP contribution >= 0.6 is 0 Å². The van der Waals surface area contributed by atoms with E-state index in [-0.39, 0.29) is 0 Å². The van der Waals surface area contributed by atoms with Gasteiger partial charge < -0.3 is 4.42 Å². The molecule has 0 saturated carbocycles. The van der Waals surface area contributed by atoms with Crippen LogP contribution in [0.15, 0.2) is 28.7 Å². The molecule has 2 aromatic rings. The summed E-state index contributed by atoms with van der Waals surface area (Å²) in [4.78, 5) is 0. The number of rotatable bonds is 1. The number of aryl methyl sites for hydroxylation is 3. The van der Waals surface area contributed by atoms with Crippen LogP contribution in [0.1, 0.15) is 22.9 Å². The second kappa shape index (κ2) is 3.54. The first-order valence-electron chi connectivity index (χ1n) is 5.16. The molecule has 0 aliphatic rings. The lowest BCUT2D eigenvalue weighted by Gasteiger charge is -1.98. The second-order valence-corrected chi connectivity index (χ2v) is 3.88. The van der Waals surface area contributed by atoms with Gasteiger partial charge in [0.1, 0.15) is 0 Å². The Hall–Kier alpha value is -1.57. The minimum Gasteiger partial charge on any atom is -0.407 e. The molecule has 0 spiro atoms. The van der Waals surface area contributed by atoms with Gasteiger partial charge in [0.15, 0.2) is 5.76 Å². The van der Waals surface area contributed by atoms with E-state index in [1.807, 2.05) is 13.8 Å². The fourth-order valence-electron chi connectivity index (χ4n) is 1.90. The number of oxazole rings is 1. The number of hydrogen-bond acceptors (Lipinski definition) is 1. The Balaban J connectivity index is 2.69. The normalized spacial score (nSPS) is 10.7. The number of aromatic nitrogens is 1. The fraction of sp³-hybridized carbons (Fsp3) is 0.308. The molecular formula is C13H16NO+. The van der Waals surface area contributed by atoms with Crippen LogP contribution in [0, 0.1) is 27.7 Å². The summed E-state index contributed by atoms with van der Waals surface area (Å²) in [6.45, 7) is 8.19. The van der Waals surface area contributed by atoms with E-state index in [9.17, 15) is 0 Å². The SMILES string of the molecule is Cc1ccccc1-[n+]1c(C)oc(C)c1C. The molecule has 0 unspecified atom stereocenters. The molecule has 2 rings (SSSR count). The van der Waals surface area contributed by atoms with Gasteiger partial charge in [-0.05, 0) is 6.92 Å². The number of benzene rings is 1. The smallest absolute Gasteiger partial charge is 0.350 e. The maximum absolute atomic E-state index is 5.62. The average Bonchev–Trinajstić information content (AvgIpc) is 2.43. The molecule has 0 fully saturated rings. The summed E-state index contributed by atoms with van der Waals surface area (Å²) in [6, 6.07) is 8.33. The Morgan fingerprint density at radius 1 is 1.00 bits per heavy atom. The minimum atomic E-state index is 0.930. The lowest BCUT2D eigenvalue weighted by Crippen LogP contribution is -2.35. The lowest BCUT2D eigenvalue weighted by molar-refractivity contribution is -0.613. The monoisotopic (exact) mass is 202 g/mol. The van der Waals surface area contributed by atoms with Crippen molar-refractivity contribution in [2.45, 2.75) is 27.7 Å². The summed E-state index contributed by atoms with van der Waals surface area (Å²) in [5.41, 5.74) is 3.63.